The number of hydrazine groups is 1. The Balaban J connectivity index is 2.66. The summed E-state index contributed by atoms with van der Waals surface area (Å²) >= 11 is 0. The second kappa shape index (κ2) is 4.69. The van der Waals surface area contributed by atoms with Gasteiger partial charge in [-0.1, -0.05) is 6.92 Å². The van der Waals surface area contributed by atoms with Crippen molar-refractivity contribution >= 4 is 5.82 Å². The Morgan fingerprint density at radius 3 is 2.39 bits per heavy atom. The number of nitrogens with zero attached hydrogens (tertiary/aromatic N) is 5. The zero-order chi connectivity index (χ0) is 13.3. The van der Waals surface area contributed by atoms with Crippen molar-refractivity contribution in [3.63, 3.8) is 0 Å². The summed E-state index contributed by atoms with van der Waals surface area (Å²) in [5.41, 5.74) is 3.44. The molecule has 2 heterocycles. The molecule has 2 rings (SSSR count). The van der Waals surface area contributed by atoms with Gasteiger partial charge in [0.1, 0.15) is 23.3 Å². The molecule has 2 aromatic rings. The Morgan fingerprint density at radius 2 is 1.89 bits per heavy atom. The molecule has 2 aromatic heterocycles. The number of nitrogens with one attached hydrogen (secondary N) is 1. The number of anilines is 1. The molecule has 7 nitrogen and oxygen atoms in total. The summed E-state index contributed by atoms with van der Waals surface area (Å²) in [7, 11) is 0. The maximum atomic E-state index is 5.48. The fourth-order valence-electron chi connectivity index (χ4n) is 1.78. The lowest BCUT2D eigenvalue weighted by Crippen LogP contribution is -2.16. The van der Waals surface area contributed by atoms with Gasteiger partial charge in [0.25, 0.3) is 0 Å². The Morgan fingerprint density at radius 1 is 1.17 bits per heavy atom. The molecule has 0 saturated heterocycles. The van der Waals surface area contributed by atoms with Crippen LogP contribution in [0.3, 0.4) is 0 Å². The van der Waals surface area contributed by atoms with Crippen LogP contribution in [0.25, 0.3) is 5.82 Å². The van der Waals surface area contributed by atoms with E-state index in [2.05, 4.69) is 25.5 Å². The van der Waals surface area contributed by atoms with Crippen molar-refractivity contribution < 1.29 is 0 Å². The number of hydrogen-bond acceptors (Lipinski definition) is 6. The zero-order valence-electron chi connectivity index (χ0n) is 11.0. The monoisotopic (exact) mass is 247 g/mol. The Kier molecular flexibility index (Phi) is 3.24. The first-order valence-corrected chi connectivity index (χ1v) is 5.81. The molecule has 96 valence electrons. The van der Waals surface area contributed by atoms with Crippen molar-refractivity contribution in [3.05, 3.63) is 23.0 Å². The molecule has 0 radical (unpaired) electrons. The lowest BCUT2D eigenvalue weighted by atomic mass is 10.3. The maximum absolute atomic E-state index is 5.48. The molecule has 0 atom stereocenters. The van der Waals surface area contributed by atoms with E-state index >= 15 is 0 Å². The molecule has 0 aromatic carbocycles. The summed E-state index contributed by atoms with van der Waals surface area (Å²) in [5, 5.41) is 4.34. The number of nitrogens with two attached hydrogens (primary N) is 1. The second-order valence-corrected chi connectivity index (χ2v) is 4.05. The minimum absolute atomic E-state index is 0.615. The van der Waals surface area contributed by atoms with Gasteiger partial charge >= 0.3 is 0 Å². The minimum Gasteiger partial charge on any atom is -0.308 e. The molecule has 0 amide bonds. The molecule has 0 unspecified atom stereocenters. The predicted octanol–water partition coefficient (Wildman–Crippen LogP) is 0.831. The number of aromatic nitrogens is 5. The van der Waals surface area contributed by atoms with Crippen LogP contribution in [0.4, 0.5) is 5.82 Å². The predicted molar refractivity (Wildman–Crippen MR) is 68.3 cm³/mol. The minimum atomic E-state index is 0.615. The lowest BCUT2D eigenvalue weighted by molar-refractivity contribution is 0.773. The van der Waals surface area contributed by atoms with Gasteiger partial charge in [-0.15, -0.1) is 5.10 Å². The highest BCUT2D eigenvalue weighted by molar-refractivity contribution is 5.50. The van der Waals surface area contributed by atoms with Gasteiger partial charge in [-0.05, 0) is 20.8 Å². The van der Waals surface area contributed by atoms with Crippen molar-refractivity contribution in [1.29, 1.82) is 0 Å². The van der Waals surface area contributed by atoms with Crippen LogP contribution in [0.1, 0.15) is 30.0 Å². The van der Waals surface area contributed by atoms with Gasteiger partial charge in [0, 0.05) is 12.0 Å². The fourth-order valence-corrected chi connectivity index (χ4v) is 1.78. The largest absolute Gasteiger partial charge is 0.308 e. The average molecular weight is 247 g/mol. The molecular formula is C11H17N7. The summed E-state index contributed by atoms with van der Waals surface area (Å²) in [6, 6.07) is 0. The highest BCUT2D eigenvalue weighted by Crippen LogP contribution is 2.19. The fraction of sp³-hybridized carbons (Fsp3) is 0.455. The number of rotatable bonds is 3. The van der Waals surface area contributed by atoms with Gasteiger partial charge < -0.3 is 5.43 Å². The summed E-state index contributed by atoms with van der Waals surface area (Å²) in [6.45, 7) is 7.64. The molecule has 18 heavy (non-hydrogen) atoms. The lowest BCUT2D eigenvalue weighted by Gasteiger charge is -2.11. The molecule has 0 bridgehead atoms. The molecule has 0 saturated carbocycles. The highest BCUT2D eigenvalue weighted by Gasteiger charge is 2.14. The van der Waals surface area contributed by atoms with Crippen LogP contribution in [0, 0.1) is 20.8 Å². The van der Waals surface area contributed by atoms with Gasteiger partial charge in [-0.25, -0.2) is 20.8 Å². The highest BCUT2D eigenvalue weighted by atomic mass is 15.4. The summed E-state index contributed by atoms with van der Waals surface area (Å²) in [4.78, 5) is 13.1. The van der Waals surface area contributed by atoms with E-state index < -0.39 is 0 Å². The van der Waals surface area contributed by atoms with E-state index in [0.717, 1.165) is 23.6 Å². The topological polar surface area (TPSA) is 94.5 Å². The molecule has 0 aliphatic carbocycles. The third kappa shape index (κ3) is 2.04. The molecule has 0 spiro atoms. The zero-order valence-corrected chi connectivity index (χ0v) is 11.0. The van der Waals surface area contributed by atoms with Gasteiger partial charge in [-0.3, -0.25) is 0 Å². The summed E-state index contributed by atoms with van der Waals surface area (Å²) in [6.07, 6.45) is 0.731. The molecule has 7 heteroatoms. The molecule has 3 N–H and O–H groups in total. The number of aryl methyl sites for hydroxylation is 3. The molecular weight excluding hydrogens is 230 g/mol. The third-order valence-electron chi connectivity index (χ3n) is 2.69. The van der Waals surface area contributed by atoms with Crippen molar-refractivity contribution in [2.45, 2.75) is 34.1 Å². The van der Waals surface area contributed by atoms with Crippen LogP contribution >= 0.6 is 0 Å². The number of nitrogen functional groups attached to an aromatic ring is 1. The van der Waals surface area contributed by atoms with Crippen molar-refractivity contribution in [2.24, 2.45) is 5.84 Å². The Bertz CT molecular complexity index is 573. The van der Waals surface area contributed by atoms with Gasteiger partial charge in [-0.2, -0.15) is 4.68 Å². The third-order valence-corrected chi connectivity index (χ3v) is 2.69. The van der Waals surface area contributed by atoms with Gasteiger partial charge in [0.15, 0.2) is 5.82 Å². The van der Waals surface area contributed by atoms with E-state index in [9.17, 15) is 0 Å². The quantitative estimate of drug-likeness (QED) is 0.616. The standard InChI is InChI=1S/C11H17N7/c1-5-9-14-10(16-12)6(2)11(15-9)18-8(4)13-7(3)17-18/h5,12H2,1-4H3,(H,14,15,16). The van der Waals surface area contributed by atoms with E-state index in [1.165, 1.54) is 0 Å². The first kappa shape index (κ1) is 12.4. The first-order valence-electron chi connectivity index (χ1n) is 5.81. The van der Waals surface area contributed by atoms with E-state index in [-0.39, 0.29) is 0 Å². The molecule has 0 fully saturated rings. The molecule has 0 aliphatic rings. The maximum Gasteiger partial charge on any atom is 0.164 e. The van der Waals surface area contributed by atoms with Crippen LogP contribution in [-0.4, -0.2) is 24.7 Å². The van der Waals surface area contributed by atoms with Crippen LogP contribution in [0.15, 0.2) is 0 Å². The van der Waals surface area contributed by atoms with E-state index in [1.54, 1.807) is 4.68 Å². The smallest absolute Gasteiger partial charge is 0.164 e. The summed E-state index contributed by atoms with van der Waals surface area (Å²) < 4.78 is 1.71. The van der Waals surface area contributed by atoms with E-state index in [0.29, 0.717) is 17.5 Å². The van der Waals surface area contributed by atoms with Gasteiger partial charge in [0.2, 0.25) is 0 Å². The van der Waals surface area contributed by atoms with E-state index in [4.69, 9.17) is 5.84 Å². The summed E-state index contributed by atoms with van der Waals surface area (Å²) in [5.74, 6) is 9.03. The molecule has 0 aliphatic heterocycles. The average Bonchev–Trinajstić information content (AvgIpc) is 2.68. The van der Waals surface area contributed by atoms with Gasteiger partial charge in [0.05, 0.1) is 0 Å². The second-order valence-electron chi connectivity index (χ2n) is 4.05. The first-order chi connectivity index (χ1) is 8.56. The van der Waals surface area contributed by atoms with Crippen molar-refractivity contribution in [3.8, 4) is 5.82 Å². The van der Waals surface area contributed by atoms with Crippen molar-refractivity contribution in [2.75, 3.05) is 5.43 Å². The number of hydrogen-bond donors (Lipinski definition) is 2. The Labute approximate surface area is 105 Å². The Hall–Kier alpha value is -2.02. The van der Waals surface area contributed by atoms with Crippen LogP contribution in [0.2, 0.25) is 0 Å². The SMILES string of the molecule is CCc1nc(NN)c(C)c(-n2nc(C)nc2C)n1. The van der Waals surface area contributed by atoms with Crippen LogP contribution < -0.4 is 11.3 Å². The van der Waals surface area contributed by atoms with E-state index in [1.807, 2.05) is 27.7 Å². The normalized spacial score (nSPS) is 10.7. The van der Waals surface area contributed by atoms with Crippen molar-refractivity contribution in [1.82, 2.24) is 24.7 Å². The van der Waals surface area contributed by atoms with Crippen LogP contribution in [0.5, 0.6) is 0 Å². The van der Waals surface area contributed by atoms with Crippen LogP contribution in [-0.2, 0) is 6.42 Å².